The molecule has 0 fully saturated rings. The average Bonchev–Trinajstić information content (AvgIpc) is 2.23. The number of rotatable bonds is 0. The maximum absolute atomic E-state index is 11.7. The molecule has 0 amide bonds. The molecule has 1 aromatic rings. The zero-order valence-electron chi connectivity index (χ0n) is 7.71. The van der Waals surface area contributed by atoms with Gasteiger partial charge in [0.2, 0.25) is 0 Å². The molecule has 0 saturated carbocycles. The fraction of sp³-hybridized carbons (Fsp3) is 0.500. The molecule has 0 bridgehead atoms. The minimum Gasteiger partial charge on any atom is -0.370 e. The number of hydrogen-bond acceptors (Lipinski definition) is 3. The molecule has 6 heteroatoms. The summed E-state index contributed by atoms with van der Waals surface area (Å²) >= 11 is 3.20. The second kappa shape index (κ2) is 3.27. The topological polar surface area (TPSA) is 56.0 Å². The van der Waals surface area contributed by atoms with E-state index in [2.05, 4.69) is 21.2 Å². The molecule has 76 valence electrons. The molecule has 1 aliphatic heterocycles. The number of hydrogen-bond donors (Lipinski definition) is 1. The Labute approximate surface area is 88.5 Å². The second-order valence-electron chi connectivity index (χ2n) is 3.24. The summed E-state index contributed by atoms with van der Waals surface area (Å²) < 4.78 is 3.12. The first-order valence-corrected chi connectivity index (χ1v) is 5.15. The first kappa shape index (κ1) is 9.51. The molecule has 2 rings (SSSR count). The Hall–Kier alpha value is -1.04. The van der Waals surface area contributed by atoms with Crippen molar-refractivity contribution in [2.75, 3.05) is 11.9 Å². The van der Waals surface area contributed by atoms with E-state index in [1.807, 2.05) is 0 Å². The second-order valence-corrected chi connectivity index (χ2v) is 4.03. The van der Waals surface area contributed by atoms with Gasteiger partial charge < -0.3 is 5.32 Å². The van der Waals surface area contributed by atoms with Crippen molar-refractivity contribution >= 4 is 21.7 Å². The monoisotopic (exact) mass is 259 g/mol. The molecular weight excluding hydrogens is 250 g/mol. The maximum Gasteiger partial charge on any atom is 0.332 e. The first-order chi connectivity index (χ1) is 6.63. The van der Waals surface area contributed by atoms with E-state index in [0.717, 1.165) is 17.5 Å². The van der Waals surface area contributed by atoms with Gasteiger partial charge in [-0.25, -0.2) is 4.79 Å². The smallest absolute Gasteiger partial charge is 0.332 e. The molecule has 1 aliphatic rings. The van der Waals surface area contributed by atoms with Crippen LogP contribution in [0.2, 0.25) is 0 Å². The zero-order valence-corrected chi connectivity index (χ0v) is 9.30. The van der Waals surface area contributed by atoms with Crippen molar-refractivity contribution < 1.29 is 0 Å². The Morgan fingerprint density at radius 2 is 2.14 bits per heavy atom. The zero-order chi connectivity index (χ0) is 10.3. The third kappa shape index (κ3) is 1.21. The van der Waals surface area contributed by atoms with Gasteiger partial charge in [0, 0.05) is 20.1 Å². The van der Waals surface area contributed by atoms with Gasteiger partial charge in [-0.15, -0.1) is 0 Å². The molecule has 1 aromatic heterocycles. The molecule has 1 N–H and O–H groups in total. The highest BCUT2D eigenvalue weighted by molar-refractivity contribution is 9.10. The van der Waals surface area contributed by atoms with E-state index >= 15 is 0 Å². The number of nitrogens with zero attached hydrogens (tertiary/aromatic N) is 2. The van der Waals surface area contributed by atoms with E-state index in [1.165, 1.54) is 7.05 Å². The Bertz CT molecular complexity index is 489. The van der Waals surface area contributed by atoms with Crippen LogP contribution in [0.5, 0.6) is 0 Å². The van der Waals surface area contributed by atoms with Gasteiger partial charge in [-0.1, -0.05) is 0 Å². The molecule has 0 atom stereocenters. The van der Waals surface area contributed by atoms with Gasteiger partial charge in [-0.2, -0.15) is 0 Å². The Balaban J connectivity index is 2.85. The van der Waals surface area contributed by atoms with Gasteiger partial charge in [0.25, 0.3) is 5.56 Å². The number of fused-ring (bicyclic) bond motifs is 1. The fourth-order valence-electron chi connectivity index (χ4n) is 1.56. The van der Waals surface area contributed by atoms with E-state index < -0.39 is 0 Å². The summed E-state index contributed by atoms with van der Waals surface area (Å²) in [7, 11) is 1.48. The molecule has 0 radical (unpaired) electrons. The van der Waals surface area contributed by atoms with Crippen LogP contribution >= 0.6 is 15.9 Å². The van der Waals surface area contributed by atoms with E-state index in [9.17, 15) is 9.59 Å². The van der Waals surface area contributed by atoms with Gasteiger partial charge in [0.15, 0.2) is 0 Å². The SMILES string of the molecule is Cn1c(=O)c(Br)c2n(c1=O)CCCN2. The van der Waals surface area contributed by atoms with Crippen molar-refractivity contribution in [2.24, 2.45) is 7.05 Å². The fourth-order valence-corrected chi connectivity index (χ4v) is 2.18. The van der Waals surface area contributed by atoms with Crippen LogP contribution in [0.15, 0.2) is 14.1 Å². The number of anilines is 1. The summed E-state index contributed by atoms with van der Waals surface area (Å²) in [6.45, 7) is 1.46. The first-order valence-electron chi connectivity index (χ1n) is 4.36. The van der Waals surface area contributed by atoms with Gasteiger partial charge in [0.05, 0.1) is 0 Å². The lowest BCUT2D eigenvalue weighted by molar-refractivity contribution is 0.558. The highest BCUT2D eigenvalue weighted by Gasteiger charge is 2.17. The third-order valence-electron chi connectivity index (χ3n) is 2.34. The quantitative estimate of drug-likeness (QED) is 0.721. The summed E-state index contributed by atoms with van der Waals surface area (Å²) in [6, 6.07) is 0. The lowest BCUT2D eigenvalue weighted by Gasteiger charge is -2.21. The van der Waals surface area contributed by atoms with Crippen LogP contribution in [-0.4, -0.2) is 15.7 Å². The van der Waals surface area contributed by atoms with Crippen LogP contribution in [0.25, 0.3) is 0 Å². The van der Waals surface area contributed by atoms with Crippen molar-refractivity contribution in [2.45, 2.75) is 13.0 Å². The van der Waals surface area contributed by atoms with Crippen molar-refractivity contribution in [1.82, 2.24) is 9.13 Å². The van der Waals surface area contributed by atoms with Crippen molar-refractivity contribution in [3.63, 3.8) is 0 Å². The Kier molecular flexibility index (Phi) is 2.22. The van der Waals surface area contributed by atoms with Gasteiger partial charge in [-0.05, 0) is 22.4 Å². The van der Waals surface area contributed by atoms with Crippen LogP contribution < -0.4 is 16.6 Å². The average molecular weight is 260 g/mol. The van der Waals surface area contributed by atoms with Crippen molar-refractivity contribution in [1.29, 1.82) is 0 Å². The number of nitrogens with one attached hydrogen (secondary N) is 1. The van der Waals surface area contributed by atoms with E-state index in [4.69, 9.17) is 0 Å². The van der Waals surface area contributed by atoms with Gasteiger partial charge >= 0.3 is 5.69 Å². The standard InChI is InChI=1S/C8H10BrN3O2/c1-11-7(13)5(9)6-10-3-2-4-12(6)8(11)14/h10H,2-4H2,1H3. The van der Waals surface area contributed by atoms with Crippen LogP contribution in [0.3, 0.4) is 0 Å². The van der Waals surface area contributed by atoms with Crippen LogP contribution in [0.1, 0.15) is 6.42 Å². The predicted molar refractivity (Wildman–Crippen MR) is 56.7 cm³/mol. The van der Waals surface area contributed by atoms with E-state index in [1.54, 1.807) is 4.57 Å². The molecule has 2 heterocycles. The molecule has 0 spiro atoms. The normalized spacial score (nSPS) is 14.7. The number of halogens is 1. The van der Waals surface area contributed by atoms with Crippen LogP contribution in [-0.2, 0) is 13.6 Å². The highest BCUT2D eigenvalue weighted by Crippen LogP contribution is 2.18. The molecular formula is C8H10BrN3O2. The minimum atomic E-state index is -0.296. The molecule has 0 aromatic carbocycles. The molecule has 5 nitrogen and oxygen atoms in total. The van der Waals surface area contributed by atoms with Crippen molar-refractivity contribution in [3.05, 3.63) is 25.3 Å². The molecule has 0 aliphatic carbocycles. The molecule has 0 saturated heterocycles. The number of aromatic nitrogens is 2. The summed E-state index contributed by atoms with van der Waals surface area (Å²) in [5, 5.41) is 3.04. The van der Waals surface area contributed by atoms with E-state index in [0.29, 0.717) is 16.8 Å². The Morgan fingerprint density at radius 3 is 2.86 bits per heavy atom. The maximum atomic E-state index is 11.7. The third-order valence-corrected chi connectivity index (χ3v) is 3.05. The molecule has 14 heavy (non-hydrogen) atoms. The van der Waals surface area contributed by atoms with Gasteiger partial charge in [-0.3, -0.25) is 13.9 Å². The summed E-state index contributed by atoms with van der Waals surface area (Å²) in [5.74, 6) is 0.601. The lowest BCUT2D eigenvalue weighted by Crippen LogP contribution is -2.41. The summed E-state index contributed by atoms with van der Waals surface area (Å²) in [4.78, 5) is 23.2. The highest BCUT2D eigenvalue weighted by atomic mass is 79.9. The lowest BCUT2D eigenvalue weighted by atomic mass is 10.3. The van der Waals surface area contributed by atoms with Gasteiger partial charge in [0.1, 0.15) is 10.3 Å². The largest absolute Gasteiger partial charge is 0.370 e. The van der Waals surface area contributed by atoms with E-state index in [-0.39, 0.29) is 11.2 Å². The Morgan fingerprint density at radius 1 is 1.43 bits per heavy atom. The van der Waals surface area contributed by atoms with Crippen LogP contribution in [0.4, 0.5) is 5.82 Å². The summed E-state index contributed by atoms with van der Waals surface area (Å²) in [5.41, 5.74) is -0.559. The van der Waals surface area contributed by atoms with Crippen LogP contribution in [0, 0.1) is 0 Å². The minimum absolute atomic E-state index is 0.264. The molecule has 0 unspecified atom stereocenters. The van der Waals surface area contributed by atoms with Crippen molar-refractivity contribution in [3.8, 4) is 0 Å². The summed E-state index contributed by atoms with van der Waals surface area (Å²) in [6.07, 6.45) is 0.900. The predicted octanol–water partition coefficient (Wildman–Crippen LogP) is 0.125.